The van der Waals surface area contributed by atoms with Crippen molar-refractivity contribution in [3.63, 3.8) is 0 Å². The Morgan fingerprint density at radius 1 is 1.28 bits per heavy atom. The molecule has 1 aromatic heterocycles. The van der Waals surface area contributed by atoms with E-state index < -0.39 is 0 Å². The molecular weight excluding hydrogens is 380 g/mol. The monoisotopic (exact) mass is 412 g/mol. The van der Waals surface area contributed by atoms with Gasteiger partial charge in [0, 0.05) is 41.8 Å². The molecule has 1 aliphatic rings. The third-order valence-electron chi connectivity index (χ3n) is 5.91. The van der Waals surface area contributed by atoms with Crippen molar-refractivity contribution in [2.24, 2.45) is 5.92 Å². The number of nitrogens with zero attached hydrogens (tertiary/aromatic N) is 3. The lowest BCUT2D eigenvalue weighted by Crippen LogP contribution is -2.41. The number of rotatable bonds is 8. The Morgan fingerprint density at radius 2 is 2.00 bits per heavy atom. The lowest BCUT2D eigenvalue weighted by atomic mass is 9.93. The van der Waals surface area contributed by atoms with E-state index in [1.54, 1.807) is 11.8 Å². The summed E-state index contributed by atoms with van der Waals surface area (Å²) in [6.07, 6.45) is 9.32. The van der Waals surface area contributed by atoms with Crippen molar-refractivity contribution in [1.29, 1.82) is 0 Å². The van der Waals surface area contributed by atoms with E-state index in [0.29, 0.717) is 0 Å². The Bertz CT molecular complexity index is 777. The minimum absolute atomic E-state index is 0.0539. The fourth-order valence-corrected chi connectivity index (χ4v) is 4.22. The molecule has 1 fully saturated rings. The number of thioether (sulfide) groups is 1. The van der Waals surface area contributed by atoms with Crippen molar-refractivity contribution in [2.75, 3.05) is 43.2 Å². The summed E-state index contributed by atoms with van der Waals surface area (Å²) in [5, 5.41) is 3.05. The van der Waals surface area contributed by atoms with Crippen LogP contribution in [0.2, 0.25) is 0 Å². The summed E-state index contributed by atoms with van der Waals surface area (Å²) in [6, 6.07) is 12.0. The van der Waals surface area contributed by atoms with Crippen LogP contribution in [-0.4, -0.2) is 54.8 Å². The number of hydrogen-bond acceptors (Lipinski definition) is 5. The summed E-state index contributed by atoms with van der Waals surface area (Å²) in [5.74, 6) is 0.780. The van der Waals surface area contributed by atoms with Crippen LogP contribution in [0.5, 0.6) is 0 Å². The number of carbonyl (C=O) groups is 1. The molecule has 0 saturated carbocycles. The van der Waals surface area contributed by atoms with E-state index in [2.05, 4.69) is 45.3 Å². The first-order chi connectivity index (χ1) is 14.1. The molecular formula is C23H32N4OS. The van der Waals surface area contributed by atoms with E-state index in [9.17, 15) is 4.79 Å². The summed E-state index contributed by atoms with van der Waals surface area (Å²) in [4.78, 5) is 22.5. The molecule has 1 unspecified atom stereocenters. The Hall–Kier alpha value is -2.05. The number of amides is 1. The van der Waals surface area contributed by atoms with Crippen LogP contribution in [0.25, 0.3) is 0 Å². The second kappa shape index (κ2) is 10.6. The van der Waals surface area contributed by atoms with Gasteiger partial charge in [-0.15, -0.1) is 11.8 Å². The predicted octanol–water partition coefficient (Wildman–Crippen LogP) is 4.37. The molecule has 0 aliphatic carbocycles. The van der Waals surface area contributed by atoms with Crippen LogP contribution in [0, 0.1) is 5.92 Å². The first kappa shape index (κ1) is 21.7. The normalized spacial score (nSPS) is 16.1. The van der Waals surface area contributed by atoms with Crippen molar-refractivity contribution in [1.82, 2.24) is 9.88 Å². The van der Waals surface area contributed by atoms with Gasteiger partial charge in [-0.1, -0.05) is 6.07 Å². The van der Waals surface area contributed by atoms with E-state index in [1.165, 1.54) is 18.5 Å². The lowest BCUT2D eigenvalue weighted by molar-refractivity contribution is -0.120. The fraction of sp³-hybridized carbons (Fsp3) is 0.478. The first-order valence-corrected chi connectivity index (χ1v) is 11.6. The van der Waals surface area contributed by atoms with Crippen LogP contribution >= 0.6 is 11.8 Å². The predicted molar refractivity (Wildman–Crippen MR) is 123 cm³/mol. The quantitative estimate of drug-likeness (QED) is 0.653. The number of benzene rings is 1. The molecule has 1 amide bonds. The van der Waals surface area contributed by atoms with Gasteiger partial charge in [-0.3, -0.25) is 14.7 Å². The Morgan fingerprint density at radius 3 is 2.69 bits per heavy atom. The van der Waals surface area contributed by atoms with Gasteiger partial charge < -0.3 is 10.2 Å². The Kier molecular flexibility index (Phi) is 7.95. The summed E-state index contributed by atoms with van der Waals surface area (Å²) < 4.78 is 0. The molecule has 2 aromatic rings. The van der Waals surface area contributed by atoms with Gasteiger partial charge in [-0.05, 0) is 82.3 Å². The highest BCUT2D eigenvalue weighted by Gasteiger charge is 2.22. The zero-order valence-corrected chi connectivity index (χ0v) is 18.5. The molecule has 0 radical (unpaired) electrons. The third kappa shape index (κ3) is 6.21. The van der Waals surface area contributed by atoms with Crippen LogP contribution in [0.4, 0.5) is 11.4 Å². The van der Waals surface area contributed by atoms with Gasteiger partial charge >= 0.3 is 0 Å². The average molecular weight is 413 g/mol. The second-order valence-electron chi connectivity index (χ2n) is 7.80. The van der Waals surface area contributed by atoms with Gasteiger partial charge in [-0.25, -0.2) is 0 Å². The van der Waals surface area contributed by atoms with Crippen molar-refractivity contribution < 1.29 is 4.79 Å². The molecule has 1 aromatic carbocycles. The van der Waals surface area contributed by atoms with Gasteiger partial charge in [0.05, 0.1) is 6.04 Å². The van der Waals surface area contributed by atoms with Crippen LogP contribution in [0.3, 0.4) is 0 Å². The fourth-order valence-electron chi connectivity index (χ4n) is 3.76. The van der Waals surface area contributed by atoms with Crippen molar-refractivity contribution >= 4 is 29.0 Å². The molecule has 3 rings (SSSR count). The van der Waals surface area contributed by atoms with Gasteiger partial charge in [0.15, 0.2) is 0 Å². The number of aromatic nitrogens is 1. The summed E-state index contributed by atoms with van der Waals surface area (Å²) in [5.41, 5.74) is 2.14. The van der Waals surface area contributed by atoms with E-state index in [-0.39, 0.29) is 11.9 Å². The highest BCUT2D eigenvalue weighted by Crippen LogP contribution is 2.25. The molecule has 1 saturated heterocycles. The lowest BCUT2D eigenvalue weighted by Gasteiger charge is -2.34. The maximum Gasteiger partial charge on any atom is 0.241 e. The Balaban J connectivity index is 1.41. The smallest absolute Gasteiger partial charge is 0.241 e. The van der Waals surface area contributed by atoms with Crippen LogP contribution < -0.4 is 10.2 Å². The van der Waals surface area contributed by atoms with Crippen LogP contribution in [-0.2, 0) is 4.79 Å². The van der Waals surface area contributed by atoms with E-state index in [0.717, 1.165) is 42.6 Å². The summed E-state index contributed by atoms with van der Waals surface area (Å²) >= 11 is 1.68. The highest BCUT2D eigenvalue weighted by molar-refractivity contribution is 7.98. The molecule has 1 N–H and O–H groups in total. The van der Waals surface area contributed by atoms with Crippen LogP contribution in [0.15, 0.2) is 53.7 Å². The second-order valence-corrected chi connectivity index (χ2v) is 8.68. The van der Waals surface area contributed by atoms with E-state index >= 15 is 0 Å². The number of carbonyl (C=O) groups excluding carboxylic acids is 1. The molecule has 0 spiro atoms. The number of piperidine rings is 1. The van der Waals surface area contributed by atoms with E-state index in [1.807, 2.05) is 43.8 Å². The topological polar surface area (TPSA) is 48.5 Å². The van der Waals surface area contributed by atoms with Gasteiger partial charge in [-0.2, -0.15) is 0 Å². The van der Waals surface area contributed by atoms with Gasteiger partial charge in [0.25, 0.3) is 0 Å². The first-order valence-electron chi connectivity index (χ1n) is 10.4. The number of pyridine rings is 1. The summed E-state index contributed by atoms with van der Waals surface area (Å²) in [7, 11) is 2.05. The maximum atomic E-state index is 12.6. The molecule has 29 heavy (non-hydrogen) atoms. The molecule has 5 nitrogen and oxygen atoms in total. The van der Waals surface area contributed by atoms with Gasteiger partial charge in [0.2, 0.25) is 5.91 Å². The Labute approximate surface area is 178 Å². The van der Waals surface area contributed by atoms with Crippen molar-refractivity contribution in [3.05, 3.63) is 48.8 Å². The average Bonchev–Trinajstić information content (AvgIpc) is 2.78. The minimum Gasteiger partial charge on any atom is -0.371 e. The van der Waals surface area contributed by atoms with Crippen LogP contribution in [0.1, 0.15) is 26.2 Å². The van der Waals surface area contributed by atoms with Crippen molar-refractivity contribution in [2.45, 2.75) is 37.1 Å². The number of nitrogens with one attached hydrogen (secondary N) is 1. The van der Waals surface area contributed by atoms with Crippen molar-refractivity contribution in [3.8, 4) is 0 Å². The molecule has 2 heterocycles. The minimum atomic E-state index is -0.148. The maximum absolute atomic E-state index is 12.6. The molecule has 1 atom stereocenters. The summed E-state index contributed by atoms with van der Waals surface area (Å²) in [6.45, 7) is 5.12. The molecule has 156 valence electrons. The highest BCUT2D eigenvalue weighted by atomic mass is 32.2. The number of anilines is 2. The third-order valence-corrected chi connectivity index (χ3v) is 6.64. The number of likely N-dealkylation sites (N-methyl/N-ethyl adjacent to an activating group) is 1. The zero-order chi connectivity index (χ0) is 20.6. The number of hydrogen-bond donors (Lipinski definition) is 1. The van der Waals surface area contributed by atoms with Gasteiger partial charge in [0.1, 0.15) is 0 Å². The molecule has 0 bridgehead atoms. The zero-order valence-electron chi connectivity index (χ0n) is 17.7. The standard InChI is InChI=1S/C23H32N4OS/c1-18(23(28)25-20-5-4-6-22(17-20)29-3)26(2)14-9-19-10-15-27(16-11-19)21-7-12-24-13-8-21/h4-8,12-13,17-19H,9-11,14-16H2,1-3H3,(H,25,28). The molecule has 1 aliphatic heterocycles. The molecule has 6 heteroatoms. The SMILES string of the molecule is CSc1cccc(NC(=O)C(C)N(C)CCC2CCN(c3ccncc3)CC2)c1. The van der Waals surface area contributed by atoms with E-state index in [4.69, 9.17) is 0 Å². The largest absolute Gasteiger partial charge is 0.371 e.